The Kier molecular flexibility index (Phi) is 5.42. The largest absolute Gasteiger partial charge is 0.369 e. The number of carbonyl (C=O) groups excluding carboxylic acids is 2. The fraction of sp³-hybridized carbons (Fsp3) is 0.867. The van der Waals surface area contributed by atoms with Crippen LogP contribution in [0.3, 0.4) is 0 Å². The van der Waals surface area contributed by atoms with Crippen LogP contribution in [-0.4, -0.2) is 40.9 Å². The van der Waals surface area contributed by atoms with Crippen molar-refractivity contribution in [2.75, 3.05) is 6.54 Å². The maximum atomic E-state index is 12.6. The first kappa shape index (κ1) is 23.3. The number of nitrogens with zero attached hydrogens (tertiary/aromatic N) is 1. The summed E-state index contributed by atoms with van der Waals surface area (Å²) in [6.45, 7) is 12.2. The van der Waals surface area contributed by atoms with E-state index in [1.54, 1.807) is 18.1 Å². The summed E-state index contributed by atoms with van der Waals surface area (Å²) in [6.07, 6.45) is 11.3. The molecule has 4 heteroatoms. The molecule has 2 aliphatic heterocycles. The summed E-state index contributed by atoms with van der Waals surface area (Å²) in [5.41, 5.74) is 3.60. The summed E-state index contributed by atoms with van der Waals surface area (Å²) < 4.78 is 7.06. The molecule has 188 valence electrons. The number of rotatable bonds is 0. The Hall–Kier alpha value is -1.16. The fourth-order valence-corrected chi connectivity index (χ4v) is 10.2. The highest BCUT2D eigenvalue weighted by atomic mass is 16.5. The fourth-order valence-electron chi connectivity index (χ4n) is 10.2. The minimum atomic E-state index is -0.109. The topological polar surface area (TPSA) is 46.6 Å². The third-order valence-corrected chi connectivity index (χ3v) is 12.0. The van der Waals surface area contributed by atoms with Crippen LogP contribution in [-0.2, 0) is 14.3 Å². The van der Waals surface area contributed by atoms with Gasteiger partial charge in [-0.3, -0.25) is 9.59 Å². The predicted molar refractivity (Wildman–Crippen MR) is 133 cm³/mol. The van der Waals surface area contributed by atoms with E-state index in [-0.39, 0.29) is 23.7 Å². The van der Waals surface area contributed by atoms with Crippen molar-refractivity contribution in [1.29, 1.82) is 0 Å². The molecule has 6 rings (SSSR count). The van der Waals surface area contributed by atoms with Gasteiger partial charge in [-0.25, -0.2) is 0 Å². The molecule has 0 bridgehead atoms. The van der Waals surface area contributed by atoms with Gasteiger partial charge in [-0.2, -0.15) is 0 Å². The molecule has 1 amide bonds. The number of allylic oxidation sites excluding steroid dienone is 1. The summed E-state index contributed by atoms with van der Waals surface area (Å²) in [5.74, 6) is 4.50. The van der Waals surface area contributed by atoms with Gasteiger partial charge < -0.3 is 9.64 Å². The zero-order valence-electron chi connectivity index (χ0n) is 22.1. The van der Waals surface area contributed by atoms with E-state index < -0.39 is 0 Å². The van der Waals surface area contributed by atoms with Gasteiger partial charge in [-0.15, -0.1) is 0 Å². The number of fused-ring (bicyclic) bond motifs is 6. The number of piperidine rings is 1. The van der Waals surface area contributed by atoms with Gasteiger partial charge in [0.05, 0.1) is 17.7 Å². The van der Waals surface area contributed by atoms with Gasteiger partial charge in [0.1, 0.15) is 5.78 Å². The van der Waals surface area contributed by atoms with Gasteiger partial charge in [0.15, 0.2) is 0 Å². The molecule has 0 aromatic carbocycles. The Bertz CT molecular complexity index is 924. The number of Topliss-reactive ketones (excluding diaryl/α,β-unsaturated/α-hetero) is 1. The van der Waals surface area contributed by atoms with E-state index in [0.29, 0.717) is 34.9 Å². The van der Waals surface area contributed by atoms with Crippen LogP contribution < -0.4 is 0 Å². The van der Waals surface area contributed by atoms with Crippen molar-refractivity contribution < 1.29 is 14.3 Å². The highest BCUT2D eigenvalue weighted by Gasteiger charge is 2.60. The summed E-state index contributed by atoms with van der Waals surface area (Å²) in [7, 11) is 0. The van der Waals surface area contributed by atoms with E-state index in [4.69, 9.17) is 4.74 Å². The zero-order chi connectivity index (χ0) is 24.0. The molecular weight excluding hydrogens is 422 g/mol. The molecule has 2 heterocycles. The molecule has 0 radical (unpaired) electrons. The van der Waals surface area contributed by atoms with E-state index in [0.717, 1.165) is 56.9 Å². The van der Waals surface area contributed by atoms with Crippen LogP contribution in [0.4, 0.5) is 0 Å². The Morgan fingerprint density at radius 2 is 1.91 bits per heavy atom. The standard InChI is InChI=1S/C30H45NO3/c1-17-12-27-28(31(16-17)20(4)32)19(3)30(34-27)11-9-23-24-7-6-21-13-22(33)8-10-29(21,5)26(24)14-25(23)18(2)15-30/h17,19,21,23-24,26-28H,6-16H2,1-5H3/t17-,19+,21+,23-,24?,26-,27?,28-,29-,30-/m0/s1. The van der Waals surface area contributed by atoms with E-state index >= 15 is 0 Å². The maximum absolute atomic E-state index is 12.6. The first-order valence-electron chi connectivity index (χ1n) is 14.3. The molecule has 5 fully saturated rings. The molecule has 0 aromatic rings. The van der Waals surface area contributed by atoms with Crippen molar-refractivity contribution in [3.63, 3.8) is 0 Å². The van der Waals surface area contributed by atoms with Crippen LogP contribution in [0.15, 0.2) is 11.1 Å². The van der Waals surface area contributed by atoms with E-state index in [1.165, 1.54) is 25.7 Å². The molecule has 1 spiro atoms. The van der Waals surface area contributed by atoms with Gasteiger partial charge in [0.2, 0.25) is 5.91 Å². The van der Waals surface area contributed by atoms with Crippen LogP contribution >= 0.6 is 0 Å². The molecule has 10 atom stereocenters. The number of ketones is 1. The average Bonchev–Trinajstić information content (AvgIpc) is 3.24. The Balaban J connectivity index is 1.29. The van der Waals surface area contributed by atoms with Gasteiger partial charge in [-0.05, 0) is 93.3 Å². The second-order valence-corrected chi connectivity index (χ2v) is 13.6. The molecule has 2 saturated heterocycles. The second kappa shape index (κ2) is 7.92. The van der Waals surface area contributed by atoms with Crippen LogP contribution in [0.5, 0.6) is 0 Å². The number of likely N-dealkylation sites (tertiary alicyclic amines) is 1. The maximum Gasteiger partial charge on any atom is 0.219 e. The second-order valence-electron chi connectivity index (χ2n) is 13.6. The lowest BCUT2D eigenvalue weighted by Crippen LogP contribution is -2.53. The zero-order valence-corrected chi connectivity index (χ0v) is 22.1. The van der Waals surface area contributed by atoms with Crippen LogP contribution in [0.1, 0.15) is 98.8 Å². The number of hydrogen-bond donors (Lipinski definition) is 0. The first-order chi connectivity index (χ1) is 16.1. The molecule has 3 saturated carbocycles. The Labute approximate surface area is 206 Å². The third-order valence-electron chi connectivity index (χ3n) is 12.0. The lowest BCUT2D eigenvalue weighted by Gasteiger charge is -2.52. The normalized spacial score (nSPS) is 50.5. The third kappa shape index (κ3) is 3.26. The minimum Gasteiger partial charge on any atom is -0.369 e. The molecule has 4 nitrogen and oxygen atoms in total. The van der Waals surface area contributed by atoms with Crippen molar-refractivity contribution in [2.24, 2.45) is 40.9 Å². The summed E-state index contributed by atoms with van der Waals surface area (Å²) in [6, 6.07) is 0.242. The SMILES string of the molecule is CC(=O)N1C[C@@H](C)CC2O[C@]3(CC[C@@H]4C(=C(C)C3)C[C@H]3C4CC[C@@H]4CC(=O)CC[C@@]43C)[C@H](C)[C@@H]21. The van der Waals surface area contributed by atoms with Crippen molar-refractivity contribution >= 4 is 11.7 Å². The molecular formula is C30H45NO3. The Morgan fingerprint density at radius 3 is 2.68 bits per heavy atom. The predicted octanol–water partition coefficient (Wildman–Crippen LogP) is 5.94. The van der Waals surface area contributed by atoms with Gasteiger partial charge in [0, 0.05) is 32.2 Å². The number of carbonyl (C=O) groups is 2. The number of ether oxygens (including phenoxy) is 1. The molecule has 0 aromatic heterocycles. The van der Waals surface area contributed by atoms with Crippen molar-refractivity contribution in [3.8, 4) is 0 Å². The summed E-state index contributed by atoms with van der Waals surface area (Å²) >= 11 is 0. The van der Waals surface area contributed by atoms with Crippen LogP contribution in [0, 0.1) is 40.9 Å². The molecule has 4 aliphatic carbocycles. The highest BCUT2D eigenvalue weighted by molar-refractivity contribution is 5.79. The van der Waals surface area contributed by atoms with Crippen LogP contribution in [0.2, 0.25) is 0 Å². The van der Waals surface area contributed by atoms with Gasteiger partial charge in [-0.1, -0.05) is 31.9 Å². The smallest absolute Gasteiger partial charge is 0.219 e. The molecule has 34 heavy (non-hydrogen) atoms. The van der Waals surface area contributed by atoms with Crippen molar-refractivity contribution in [1.82, 2.24) is 4.90 Å². The highest BCUT2D eigenvalue weighted by Crippen LogP contribution is 2.65. The molecule has 6 aliphatic rings. The van der Waals surface area contributed by atoms with Gasteiger partial charge >= 0.3 is 0 Å². The average molecular weight is 468 g/mol. The minimum absolute atomic E-state index is 0.109. The summed E-state index contributed by atoms with van der Waals surface area (Å²) in [5, 5.41) is 0. The van der Waals surface area contributed by atoms with Gasteiger partial charge in [0.25, 0.3) is 0 Å². The number of amides is 1. The quantitative estimate of drug-likeness (QED) is 0.414. The van der Waals surface area contributed by atoms with E-state index in [9.17, 15) is 9.59 Å². The van der Waals surface area contributed by atoms with E-state index in [1.807, 2.05) is 0 Å². The lowest BCUT2D eigenvalue weighted by molar-refractivity contribution is -0.137. The number of hydrogen-bond acceptors (Lipinski definition) is 3. The first-order valence-corrected chi connectivity index (χ1v) is 14.3. The van der Waals surface area contributed by atoms with Crippen LogP contribution in [0.25, 0.3) is 0 Å². The van der Waals surface area contributed by atoms with E-state index in [2.05, 4.69) is 32.6 Å². The summed E-state index contributed by atoms with van der Waals surface area (Å²) in [4.78, 5) is 26.9. The van der Waals surface area contributed by atoms with Crippen molar-refractivity contribution in [3.05, 3.63) is 11.1 Å². The Morgan fingerprint density at radius 1 is 1.12 bits per heavy atom. The monoisotopic (exact) mass is 467 g/mol. The van der Waals surface area contributed by atoms with Crippen molar-refractivity contribution in [2.45, 2.75) is 117 Å². The lowest BCUT2D eigenvalue weighted by atomic mass is 9.52. The molecule has 0 N–H and O–H groups in total. The molecule has 2 unspecified atom stereocenters.